The van der Waals surface area contributed by atoms with Gasteiger partial charge in [-0.05, 0) is 31.9 Å². The van der Waals surface area contributed by atoms with Crippen LogP contribution in [0.15, 0.2) is 22.7 Å². The predicted octanol–water partition coefficient (Wildman–Crippen LogP) is 3.54. The first kappa shape index (κ1) is 14.8. The van der Waals surface area contributed by atoms with Gasteiger partial charge in [-0.25, -0.2) is 0 Å². The fourth-order valence-electron chi connectivity index (χ4n) is 2.58. The molecule has 21 heavy (non-hydrogen) atoms. The Morgan fingerprint density at radius 3 is 3.10 bits per heavy atom. The molecule has 1 unspecified atom stereocenters. The summed E-state index contributed by atoms with van der Waals surface area (Å²) in [6.45, 7) is 3.32. The van der Waals surface area contributed by atoms with Crippen molar-refractivity contribution in [3.63, 3.8) is 0 Å². The number of thiophene rings is 1. The van der Waals surface area contributed by atoms with Gasteiger partial charge in [0.15, 0.2) is 0 Å². The number of nitrogen functional groups attached to an aromatic ring is 1. The molecule has 0 bridgehead atoms. The summed E-state index contributed by atoms with van der Waals surface area (Å²) in [6, 6.07) is 5.85. The van der Waals surface area contributed by atoms with Crippen LogP contribution in [0.3, 0.4) is 0 Å². The third-order valence-electron chi connectivity index (χ3n) is 3.82. The van der Waals surface area contributed by atoms with Crippen LogP contribution in [0.1, 0.15) is 29.4 Å². The Morgan fingerprint density at radius 2 is 2.38 bits per heavy atom. The number of carbonyl (C=O) groups excluding carboxylic acids is 1. The zero-order chi connectivity index (χ0) is 15.0. The molecule has 2 aromatic rings. The van der Waals surface area contributed by atoms with E-state index in [1.807, 2.05) is 25.1 Å². The first-order valence-corrected chi connectivity index (χ1v) is 8.49. The third kappa shape index (κ3) is 2.93. The van der Waals surface area contributed by atoms with E-state index >= 15 is 0 Å². The van der Waals surface area contributed by atoms with Gasteiger partial charge in [-0.1, -0.05) is 22.0 Å². The molecule has 0 spiro atoms. The van der Waals surface area contributed by atoms with Gasteiger partial charge in [0, 0.05) is 27.7 Å². The number of halogens is 1. The Balaban J connectivity index is 1.79. The van der Waals surface area contributed by atoms with E-state index < -0.39 is 0 Å². The Hall–Kier alpha value is -1.11. The predicted molar refractivity (Wildman–Crippen MR) is 89.9 cm³/mol. The van der Waals surface area contributed by atoms with E-state index in [0.717, 1.165) is 34.0 Å². The van der Waals surface area contributed by atoms with Gasteiger partial charge in [-0.3, -0.25) is 4.79 Å². The van der Waals surface area contributed by atoms with Gasteiger partial charge in [0.05, 0.1) is 11.3 Å². The van der Waals surface area contributed by atoms with Crippen LogP contribution < -0.4 is 11.1 Å². The molecule has 4 nitrogen and oxygen atoms in total. The van der Waals surface area contributed by atoms with Crippen molar-refractivity contribution >= 4 is 48.9 Å². The Bertz CT molecular complexity index is 692. The van der Waals surface area contributed by atoms with Crippen LogP contribution >= 0.6 is 27.3 Å². The first-order valence-electron chi connectivity index (χ1n) is 6.88. The standard InChI is InChI=1S/C15H17BrN2O2S/c1-15(5-2-6-20-15)8-18-14(19)13-12(17)10-4-3-9(16)7-11(10)21-13/h3-4,7H,2,5-6,8,17H2,1H3,(H,18,19). The highest BCUT2D eigenvalue weighted by Crippen LogP contribution is 2.35. The Morgan fingerprint density at radius 1 is 1.57 bits per heavy atom. The molecule has 6 heteroatoms. The molecule has 1 aromatic heterocycles. The van der Waals surface area contributed by atoms with Crippen molar-refractivity contribution in [2.24, 2.45) is 0 Å². The molecule has 3 N–H and O–H groups in total. The maximum Gasteiger partial charge on any atom is 0.263 e. The molecule has 1 aromatic carbocycles. The number of benzene rings is 1. The molecule has 1 atom stereocenters. The van der Waals surface area contributed by atoms with Crippen LogP contribution in [-0.2, 0) is 4.74 Å². The summed E-state index contributed by atoms with van der Waals surface area (Å²) in [7, 11) is 0. The van der Waals surface area contributed by atoms with Crippen LogP contribution in [-0.4, -0.2) is 24.7 Å². The molecule has 0 saturated carbocycles. The normalized spacial score (nSPS) is 21.8. The SMILES string of the molecule is CC1(CNC(=O)c2sc3cc(Br)ccc3c2N)CCCO1. The molecular formula is C15H17BrN2O2S. The summed E-state index contributed by atoms with van der Waals surface area (Å²) < 4.78 is 7.67. The van der Waals surface area contributed by atoms with Crippen LogP contribution in [0.2, 0.25) is 0 Å². The number of carbonyl (C=O) groups is 1. The number of fused-ring (bicyclic) bond motifs is 1. The molecular weight excluding hydrogens is 352 g/mol. The van der Waals surface area contributed by atoms with Crippen LogP contribution in [0.4, 0.5) is 5.69 Å². The fourth-order valence-corrected chi connectivity index (χ4v) is 4.17. The smallest absolute Gasteiger partial charge is 0.263 e. The van der Waals surface area contributed by atoms with Crippen LogP contribution in [0, 0.1) is 0 Å². The fraction of sp³-hybridized carbons (Fsp3) is 0.400. The highest BCUT2D eigenvalue weighted by Gasteiger charge is 2.30. The molecule has 1 aliphatic rings. The lowest BCUT2D eigenvalue weighted by Crippen LogP contribution is -2.40. The number of anilines is 1. The van der Waals surface area contributed by atoms with Gasteiger partial charge in [0.2, 0.25) is 0 Å². The van der Waals surface area contributed by atoms with E-state index in [0.29, 0.717) is 17.1 Å². The van der Waals surface area contributed by atoms with Crippen molar-refractivity contribution < 1.29 is 9.53 Å². The molecule has 3 rings (SSSR count). The van der Waals surface area contributed by atoms with Crippen LogP contribution in [0.5, 0.6) is 0 Å². The number of hydrogen-bond donors (Lipinski definition) is 2. The van der Waals surface area contributed by atoms with Gasteiger partial charge in [0.25, 0.3) is 5.91 Å². The summed E-state index contributed by atoms with van der Waals surface area (Å²) in [4.78, 5) is 12.9. The van der Waals surface area contributed by atoms with Crippen molar-refractivity contribution in [3.8, 4) is 0 Å². The lowest BCUT2D eigenvalue weighted by atomic mass is 10.0. The topological polar surface area (TPSA) is 64.4 Å². The van der Waals surface area contributed by atoms with E-state index in [-0.39, 0.29) is 11.5 Å². The van der Waals surface area contributed by atoms with Crippen molar-refractivity contribution in [3.05, 3.63) is 27.5 Å². The lowest BCUT2D eigenvalue weighted by molar-refractivity contribution is 0.0206. The minimum absolute atomic E-state index is 0.124. The quantitative estimate of drug-likeness (QED) is 0.870. The van der Waals surface area contributed by atoms with Crippen molar-refractivity contribution in [1.29, 1.82) is 0 Å². The van der Waals surface area contributed by atoms with Crippen molar-refractivity contribution in [2.75, 3.05) is 18.9 Å². The summed E-state index contributed by atoms with van der Waals surface area (Å²) >= 11 is 4.85. The average molecular weight is 369 g/mol. The highest BCUT2D eigenvalue weighted by molar-refractivity contribution is 9.10. The third-order valence-corrected chi connectivity index (χ3v) is 5.48. The minimum atomic E-state index is -0.246. The van der Waals surface area contributed by atoms with Crippen molar-refractivity contribution in [2.45, 2.75) is 25.4 Å². The molecule has 1 aliphatic heterocycles. The number of amides is 1. The van der Waals surface area contributed by atoms with Gasteiger partial charge < -0.3 is 15.8 Å². The van der Waals surface area contributed by atoms with Gasteiger partial charge in [0.1, 0.15) is 4.88 Å². The van der Waals surface area contributed by atoms with E-state index in [2.05, 4.69) is 21.2 Å². The molecule has 112 valence electrons. The number of nitrogens with one attached hydrogen (secondary N) is 1. The van der Waals surface area contributed by atoms with Gasteiger partial charge >= 0.3 is 0 Å². The van der Waals surface area contributed by atoms with E-state index in [1.54, 1.807) is 0 Å². The summed E-state index contributed by atoms with van der Waals surface area (Å²) in [6.07, 6.45) is 2.02. The van der Waals surface area contributed by atoms with Gasteiger partial charge in [-0.15, -0.1) is 11.3 Å². The van der Waals surface area contributed by atoms with E-state index in [4.69, 9.17) is 10.5 Å². The van der Waals surface area contributed by atoms with E-state index in [1.165, 1.54) is 11.3 Å². The number of hydrogen-bond acceptors (Lipinski definition) is 4. The zero-order valence-electron chi connectivity index (χ0n) is 11.7. The second kappa shape index (κ2) is 5.59. The van der Waals surface area contributed by atoms with E-state index in [9.17, 15) is 4.79 Å². The van der Waals surface area contributed by atoms with Crippen molar-refractivity contribution in [1.82, 2.24) is 5.32 Å². The Labute approximate surface area is 135 Å². The maximum atomic E-state index is 12.4. The molecule has 1 fully saturated rings. The number of ether oxygens (including phenoxy) is 1. The lowest BCUT2D eigenvalue weighted by Gasteiger charge is -2.23. The van der Waals surface area contributed by atoms with Gasteiger partial charge in [-0.2, -0.15) is 0 Å². The molecule has 2 heterocycles. The number of nitrogens with two attached hydrogens (primary N) is 1. The summed E-state index contributed by atoms with van der Waals surface area (Å²) in [5.74, 6) is -0.124. The second-order valence-electron chi connectivity index (χ2n) is 5.57. The average Bonchev–Trinajstić information content (AvgIpc) is 3.01. The molecule has 1 amide bonds. The monoisotopic (exact) mass is 368 g/mol. The Kier molecular flexibility index (Phi) is 3.94. The molecule has 1 saturated heterocycles. The maximum absolute atomic E-state index is 12.4. The van der Waals surface area contributed by atoms with Crippen LogP contribution in [0.25, 0.3) is 10.1 Å². The second-order valence-corrected chi connectivity index (χ2v) is 7.54. The summed E-state index contributed by atoms with van der Waals surface area (Å²) in [5.41, 5.74) is 6.42. The largest absolute Gasteiger partial charge is 0.397 e. The molecule has 0 radical (unpaired) electrons. The number of rotatable bonds is 3. The minimum Gasteiger partial charge on any atom is -0.397 e. The summed E-state index contributed by atoms with van der Waals surface area (Å²) in [5, 5.41) is 3.88. The zero-order valence-corrected chi connectivity index (χ0v) is 14.1. The molecule has 0 aliphatic carbocycles. The first-order chi connectivity index (χ1) is 9.98. The highest BCUT2D eigenvalue weighted by atomic mass is 79.9.